The number of benzene rings is 3. The molecule has 0 spiro atoms. The average molecular weight is 408 g/mol. The predicted molar refractivity (Wildman–Crippen MR) is 108 cm³/mol. The number of phenolic OH excluding ortho intramolecular Hbond substituents is 1. The van der Waals surface area contributed by atoms with Gasteiger partial charge in [0.05, 0.1) is 18.9 Å². The molecular formula is C22H17FN2O5. The molecule has 8 heteroatoms. The number of nitrogens with one attached hydrogen (secondary N) is 1. The Morgan fingerprint density at radius 1 is 1.03 bits per heavy atom. The second-order valence-corrected chi connectivity index (χ2v) is 6.03. The average Bonchev–Trinajstić information content (AvgIpc) is 2.75. The van der Waals surface area contributed by atoms with Crippen LogP contribution in [0.15, 0.2) is 71.8 Å². The standard InChI is InChI=1S/C22H17FN2O5/c1-29-20-12-14(13-24-25-21(27)15-7-9-16(26)10-8-15)6-11-19(20)30-22(28)17-4-2-3-5-18(17)23/h2-13,26H,1H3,(H,25,27)/b24-13-. The molecule has 0 unspecified atom stereocenters. The molecule has 30 heavy (non-hydrogen) atoms. The van der Waals surface area contributed by atoms with Crippen LogP contribution in [-0.4, -0.2) is 30.3 Å². The van der Waals surface area contributed by atoms with Gasteiger partial charge in [0.25, 0.3) is 5.91 Å². The Morgan fingerprint density at radius 2 is 1.77 bits per heavy atom. The largest absolute Gasteiger partial charge is 0.508 e. The lowest BCUT2D eigenvalue weighted by atomic mass is 10.2. The van der Waals surface area contributed by atoms with Crippen LogP contribution in [0, 0.1) is 5.82 Å². The summed E-state index contributed by atoms with van der Waals surface area (Å²) in [5.41, 5.74) is 3.06. The first kappa shape index (κ1) is 20.5. The minimum atomic E-state index is -0.853. The minimum absolute atomic E-state index is 0.0536. The van der Waals surface area contributed by atoms with Crippen molar-refractivity contribution in [1.29, 1.82) is 0 Å². The maximum atomic E-state index is 13.7. The van der Waals surface area contributed by atoms with E-state index in [1.165, 1.54) is 67.9 Å². The molecule has 0 heterocycles. The number of nitrogens with zero attached hydrogens (tertiary/aromatic N) is 1. The summed E-state index contributed by atoms with van der Waals surface area (Å²) >= 11 is 0. The Labute approximate surface area is 171 Å². The molecule has 0 fully saturated rings. The molecule has 3 aromatic carbocycles. The van der Waals surface area contributed by atoms with Crippen molar-refractivity contribution in [3.63, 3.8) is 0 Å². The number of hydrogen-bond donors (Lipinski definition) is 2. The number of carbonyl (C=O) groups excluding carboxylic acids is 2. The third-order valence-corrected chi connectivity index (χ3v) is 3.99. The van der Waals surface area contributed by atoms with Gasteiger partial charge in [0.15, 0.2) is 11.5 Å². The van der Waals surface area contributed by atoms with E-state index in [0.717, 1.165) is 0 Å². The lowest BCUT2D eigenvalue weighted by molar-refractivity contribution is 0.0724. The highest BCUT2D eigenvalue weighted by Gasteiger charge is 2.16. The zero-order valence-corrected chi connectivity index (χ0v) is 15.8. The van der Waals surface area contributed by atoms with Crippen LogP contribution < -0.4 is 14.9 Å². The fourth-order valence-electron chi connectivity index (χ4n) is 2.47. The molecule has 0 aliphatic heterocycles. The van der Waals surface area contributed by atoms with Crippen LogP contribution in [0.1, 0.15) is 26.3 Å². The summed E-state index contributed by atoms with van der Waals surface area (Å²) in [6.45, 7) is 0. The van der Waals surface area contributed by atoms with Gasteiger partial charge >= 0.3 is 5.97 Å². The fourth-order valence-corrected chi connectivity index (χ4v) is 2.47. The van der Waals surface area contributed by atoms with E-state index < -0.39 is 17.7 Å². The Bertz CT molecular complexity index is 1100. The summed E-state index contributed by atoms with van der Waals surface area (Å²) < 4.78 is 24.2. The van der Waals surface area contributed by atoms with Crippen LogP contribution >= 0.6 is 0 Å². The van der Waals surface area contributed by atoms with E-state index in [1.54, 1.807) is 12.1 Å². The highest BCUT2D eigenvalue weighted by atomic mass is 19.1. The molecule has 0 atom stereocenters. The molecule has 152 valence electrons. The van der Waals surface area contributed by atoms with Crippen LogP contribution in [0.2, 0.25) is 0 Å². The van der Waals surface area contributed by atoms with E-state index in [-0.39, 0.29) is 22.8 Å². The maximum Gasteiger partial charge on any atom is 0.346 e. The predicted octanol–water partition coefficient (Wildman–Crippen LogP) is 3.52. The van der Waals surface area contributed by atoms with E-state index >= 15 is 0 Å². The summed E-state index contributed by atoms with van der Waals surface area (Å²) in [6.07, 6.45) is 1.38. The Hall–Kier alpha value is -4.20. The van der Waals surface area contributed by atoms with Gasteiger partial charge in [-0.2, -0.15) is 5.10 Å². The van der Waals surface area contributed by atoms with Crippen molar-refractivity contribution in [2.75, 3.05) is 7.11 Å². The van der Waals surface area contributed by atoms with Crippen molar-refractivity contribution in [1.82, 2.24) is 5.43 Å². The summed E-state index contributed by atoms with van der Waals surface area (Å²) in [6, 6.07) is 15.8. The molecular weight excluding hydrogens is 391 g/mol. The van der Waals surface area contributed by atoms with E-state index in [9.17, 15) is 19.1 Å². The number of ether oxygens (including phenoxy) is 2. The molecule has 0 bridgehead atoms. The van der Waals surface area contributed by atoms with Crippen LogP contribution in [0.25, 0.3) is 0 Å². The quantitative estimate of drug-likeness (QED) is 0.282. The first-order chi connectivity index (χ1) is 14.5. The van der Waals surface area contributed by atoms with Gasteiger partial charge in [-0.15, -0.1) is 0 Å². The maximum absolute atomic E-state index is 13.7. The van der Waals surface area contributed by atoms with Gasteiger partial charge in [-0.25, -0.2) is 14.6 Å². The number of amides is 1. The van der Waals surface area contributed by atoms with Crippen molar-refractivity contribution in [2.24, 2.45) is 5.10 Å². The van der Waals surface area contributed by atoms with E-state index in [2.05, 4.69) is 10.5 Å². The smallest absolute Gasteiger partial charge is 0.346 e. The molecule has 0 aliphatic rings. The van der Waals surface area contributed by atoms with E-state index in [0.29, 0.717) is 11.1 Å². The molecule has 0 saturated heterocycles. The Morgan fingerprint density at radius 3 is 2.47 bits per heavy atom. The zero-order chi connectivity index (χ0) is 21.5. The molecule has 0 aliphatic carbocycles. The SMILES string of the molecule is COc1cc(/C=N\NC(=O)c2ccc(O)cc2)ccc1OC(=O)c1ccccc1F. The second kappa shape index (κ2) is 9.33. The summed E-state index contributed by atoms with van der Waals surface area (Å²) in [7, 11) is 1.39. The van der Waals surface area contributed by atoms with Crippen molar-refractivity contribution in [3.8, 4) is 17.2 Å². The van der Waals surface area contributed by atoms with Gasteiger partial charge in [0, 0.05) is 5.56 Å². The highest BCUT2D eigenvalue weighted by Crippen LogP contribution is 2.28. The second-order valence-electron chi connectivity index (χ2n) is 6.03. The summed E-state index contributed by atoms with van der Waals surface area (Å²) in [4.78, 5) is 24.2. The molecule has 0 saturated carbocycles. The first-order valence-corrected chi connectivity index (χ1v) is 8.75. The molecule has 0 aromatic heterocycles. The molecule has 0 radical (unpaired) electrons. The number of esters is 1. The number of halogens is 1. The topological polar surface area (TPSA) is 97.2 Å². The fraction of sp³-hybridized carbons (Fsp3) is 0.0455. The Kier molecular flexibility index (Phi) is 6.39. The molecule has 2 N–H and O–H groups in total. The van der Waals surface area contributed by atoms with Gasteiger partial charge in [-0.05, 0) is 60.2 Å². The lowest BCUT2D eigenvalue weighted by Gasteiger charge is -2.10. The number of rotatable bonds is 6. The number of hydrazone groups is 1. The third kappa shape index (κ3) is 4.99. The van der Waals surface area contributed by atoms with Crippen molar-refractivity contribution in [3.05, 3.63) is 89.2 Å². The molecule has 7 nitrogen and oxygen atoms in total. The van der Waals surface area contributed by atoms with Gasteiger partial charge < -0.3 is 14.6 Å². The van der Waals surface area contributed by atoms with Crippen molar-refractivity contribution in [2.45, 2.75) is 0 Å². The van der Waals surface area contributed by atoms with Crippen molar-refractivity contribution >= 4 is 18.1 Å². The van der Waals surface area contributed by atoms with Gasteiger partial charge in [0.1, 0.15) is 11.6 Å². The third-order valence-electron chi connectivity index (χ3n) is 3.99. The monoisotopic (exact) mass is 408 g/mol. The Balaban J connectivity index is 1.68. The number of carbonyl (C=O) groups is 2. The first-order valence-electron chi connectivity index (χ1n) is 8.75. The van der Waals surface area contributed by atoms with Crippen molar-refractivity contribution < 1.29 is 28.6 Å². The highest BCUT2D eigenvalue weighted by molar-refractivity contribution is 5.95. The van der Waals surface area contributed by atoms with Gasteiger partial charge in [-0.3, -0.25) is 4.79 Å². The minimum Gasteiger partial charge on any atom is -0.508 e. The van der Waals surface area contributed by atoms with Gasteiger partial charge in [0.2, 0.25) is 0 Å². The zero-order valence-electron chi connectivity index (χ0n) is 15.8. The molecule has 3 aromatic rings. The van der Waals surface area contributed by atoms with Crippen LogP contribution in [0.4, 0.5) is 4.39 Å². The van der Waals surface area contributed by atoms with E-state index in [1.807, 2.05) is 0 Å². The summed E-state index contributed by atoms with van der Waals surface area (Å²) in [5.74, 6) is -1.60. The number of methoxy groups -OCH3 is 1. The van der Waals surface area contributed by atoms with Gasteiger partial charge in [-0.1, -0.05) is 12.1 Å². The number of hydrogen-bond acceptors (Lipinski definition) is 6. The number of aromatic hydroxyl groups is 1. The normalized spacial score (nSPS) is 10.6. The lowest BCUT2D eigenvalue weighted by Crippen LogP contribution is -2.17. The van der Waals surface area contributed by atoms with E-state index in [4.69, 9.17) is 9.47 Å². The molecule has 3 rings (SSSR count). The molecule has 1 amide bonds. The van der Waals surface area contributed by atoms with Crippen LogP contribution in [0.5, 0.6) is 17.2 Å². The summed E-state index contributed by atoms with van der Waals surface area (Å²) in [5, 5.41) is 13.1. The van der Waals surface area contributed by atoms with Crippen LogP contribution in [-0.2, 0) is 0 Å². The van der Waals surface area contributed by atoms with Crippen LogP contribution in [0.3, 0.4) is 0 Å². The number of phenols is 1.